The van der Waals surface area contributed by atoms with Gasteiger partial charge in [-0.2, -0.15) is 0 Å². The Morgan fingerprint density at radius 2 is 1.69 bits per heavy atom. The summed E-state index contributed by atoms with van der Waals surface area (Å²) >= 11 is 0. The van der Waals surface area contributed by atoms with Crippen molar-refractivity contribution in [1.82, 2.24) is 0 Å². The van der Waals surface area contributed by atoms with Crippen LogP contribution in [-0.4, -0.2) is 6.04 Å². The van der Waals surface area contributed by atoms with Gasteiger partial charge in [-0.25, -0.2) is 0 Å². The van der Waals surface area contributed by atoms with Crippen LogP contribution in [0.4, 0.5) is 0 Å². The Morgan fingerprint density at radius 1 is 1.06 bits per heavy atom. The first-order chi connectivity index (χ1) is 7.83. The largest absolute Gasteiger partial charge is 0.324 e. The van der Waals surface area contributed by atoms with Gasteiger partial charge in [0.1, 0.15) is 0 Å². The van der Waals surface area contributed by atoms with Gasteiger partial charge in [0.15, 0.2) is 0 Å². The first-order valence-electron chi connectivity index (χ1n) is 7.28. The van der Waals surface area contributed by atoms with Crippen LogP contribution >= 0.6 is 0 Å². The zero-order chi connectivity index (χ0) is 11.6. The lowest BCUT2D eigenvalue weighted by Crippen LogP contribution is -2.11. The Hall–Kier alpha value is -0.300. The molecule has 0 radical (unpaired) electrons. The van der Waals surface area contributed by atoms with Crippen molar-refractivity contribution in [3.63, 3.8) is 0 Å². The number of hydrogen-bond acceptors (Lipinski definition) is 1. The van der Waals surface area contributed by atoms with Crippen molar-refractivity contribution in [3.05, 3.63) is 11.6 Å². The smallest absolute Gasteiger partial charge is 0.0229 e. The van der Waals surface area contributed by atoms with E-state index in [9.17, 15) is 0 Å². The van der Waals surface area contributed by atoms with E-state index in [1.165, 1.54) is 70.6 Å². The van der Waals surface area contributed by atoms with Crippen molar-refractivity contribution in [2.75, 3.05) is 0 Å². The zero-order valence-electron chi connectivity index (χ0n) is 11.0. The van der Waals surface area contributed by atoms with Gasteiger partial charge in [-0.15, -0.1) is 0 Å². The predicted molar refractivity (Wildman–Crippen MR) is 72.5 cm³/mol. The summed E-state index contributed by atoms with van der Waals surface area (Å²) in [6.45, 7) is 2.28. The summed E-state index contributed by atoms with van der Waals surface area (Å²) in [5.41, 5.74) is 7.47. The molecule has 0 heterocycles. The van der Waals surface area contributed by atoms with Gasteiger partial charge in [0, 0.05) is 6.04 Å². The minimum atomic E-state index is 0.365. The van der Waals surface area contributed by atoms with E-state index >= 15 is 0 Å². The molecule has 1 nitrogen and oxygen atoms in total. The second-order valence-electron chi connectivity index (χ2n) is 5.25. The van der Waals surface area contributed by atoms with Crippen molar-refractivity contribution in [3.8, 4) is 0 Å². The summed E-state index contributed by atoms with van der Waals surface area (Å²) in [4.78, 5) is 0. The zero-order valence-corrected chi connectivity index (χ0v) is 11.0. The topological polar surface area (TPSA) is 26.0 Å². The molecule has 1 heteroatoms. The highest BCUT2D eigenvalue weighted by atomic mass is 14.6. The van der Waals surface area contributed by atoms with Crippen molar-refractivity contribution >= 4 is 0 Å². The van der Waals surface area contributed by atoms with E-state index in [4.69, 9.17) is 5.73 Å². The Morgan fingerprint density at radius 3 is 2.25 bits per heavy atom. The van der Waals surface area contributed by atoms with Crippen LogP contribution in [0.25, 0.3) is 0 Å². The van der Waals surface area contributed by atoms with E-state index in [2.05, 4.69) is 13.0 Å². The quantitative estimate of drug-likeness (QED) is 0.450. The summed E-state index contributed by atoms with van der Waals surface area (Å²) in [5.74, 6) is 0. The SMILES string of the molecule is CCCCCCCCCCC1=CC(N)CC1. The van der Waals surface area contributed by atoms with Crippen molar-refractivity contribution < 1.29 is 0 Å². The van der Waals surface area contributed by atoms with E-state index in [-0.39, 0.29) is 0 Å². The highest BCUT2D eigenvalue weighted by Gasteiger charge is 2.10. The third-order valence-corrected chi connectivity index (χ3v) is 3.60. The van der Waals surface area contributed by atoms with Gasteiger partial charge in [-0.05, 0) is 25.7 Å². The molecule has 1 atom stereocenters. The molecule has 0 fully saturated rings. The predicted octanol–water partition coefficient (Wildman–Crippen LogP) is 4.56. The van der Waals surface area contributed by atoms with Crippen molar-refractivity contribution in [1.29, 1.82) is 0 Å². The highest BCUT2D eigenvalue weighted by Crippen LogP contribution is 2.22. The standard InChI is InChI=1S/C15H29N/c1-2-3-4-5-6-7-8-9-10-14-11-12-15(16)13-14/h13,15H,2-12,16H2,1H3. The normalized spacial score (nSPS) is 20.1. The summed E-state index contributed by atoms with van der Waals surface area (Å²) < 4.78 is 0. The lowest BCUT2D eigenvalue weighted by molar-refractivity contribution is 0.573. The van der Waals surface area contributed by atoms with Crippen LogP contribution in [0.1, 0.15) is 77.6 Å². The average Bonchev–Trinajstić information content (AvgIpc) is 2.68. The number of nitrogens with two attached hydrogens (primary N) is 1. The second kappa shape index (κ2) is 8.81. The number of rotatable bonds is 9. The van der Waals surface area contributed by atoms with Gasteiger partial charge in [0.05, 0.1) is 0 Å². The summed E-state index contributed by atoms with van der Waals surface area (Å²) in [5, 5.41) is 0. The summed E-state index contributed by atoms with van der Waals surface area (Å²) in [6, 6.07) is 0.365. The first-order valence-corrected chi connectivity index (χ1v) is 7.28. The van der Waals surface area contributed by atoms with Crippen molar-refractivity contribution in [2.45, 2.75) is 83.6 Å². The molecule has 1 aliphatic rings. The van der Waals surface area contributed by atoms with Crippen LogP contribution in [0.15, 0.2) is 11.6 Å². The molecule has 0 aromatic heterocycles. The molecular weight excluding hydrogens is 194 g/mol. The lowest BCUT2D eigenvalue weighted by atomic mass is 10.0. The Kier molecular flexibility index (Phi) is 7.58. The molecule has 0 amide bonds. The second-order valence-corrected chi connectivity index (χ2v) is 5.25. The fourth-order valence-electron chi connectivity index (χ4n) is 2.52. The van der Waals surface area contributed by atoms with E-state index < -0.39 is 0 Å². The summed E-state index contributed by atoms with van der Waals surface area (Å²) in [6.07, 6.45) is 17.4. The van der Waals surface area contributed by atoms with Gasteiger partial charge >= 0.3 is 0 Å². The van der Waals surface area contributed by atoms with Crippen LogP contribution in [0.5, 0.6) is 0 Å². The van der Waals surface area contributed by atoms with Gasteiger partial charge in [-0.3, -0.25) is 0 Å². The van der Waals surface area contributed by atoms with Crippen LogP contribution in [-0.2, 0) is 0 Å². The maximum atomic E-state index is 5.85. The maximum absolute atomic E-state index is 5.85. The molecule has 16 heavy (non-hydrogen) atoms. The molecule has 1 aliphatic carbocycles. The van der Waals surface area contributed by atoms with E-state index in [1.807, 2.05) is 0 Å². The van der Waals surface area contributed by atoms with E-state index in [1.54, 1.807) is 5.57 Å². The van der Waals surface area contributed by atoms with Crippen LogP contribution in [0, 0.1) is 0 Å². The number of unbranched alkanes of at least 4 members (excludes halogenated alkanes) is 7. The maximum Gasteiger partial charge on any atom is 0.0229 e. The van der Waals surface area contributed by atoms with E-state index in [0.717, 1.165) is 0 Å². The van der Waals surface area contributed by atoms with Crippen molar-refractivity contribution in [2.24, 2.45) is 5.73 Å². The van der Waals surface area contributed by atoms with Gasteiger partial charge in [0.25, 0.3) is 0 Å². The fraction of sp³-hybridized carbons (Fsp3) is 0.867. The van der Waals surface area contributed by atoms with Crippen LogP contribution < -0.4 is 5.73 Å². The lowest BCUT2D eigenvalue weighted by Gasteiger charge is -2.02. The average molecular weight is 223 g/mol. The molecule has 0 aliphatic heterocycles. The molecular formula is C15H29N. The third kappa shape index (κ3) is 6.32. The third-order valence-electron chi connectivity index (χ3n) is 3.60. The number of allylic oxidation sites excluding steroid dienone is 1. The van der Waals surface area contributed by atoms with Crippen LogP contribution in [0.3, 0.4) is 0 Å². The molecule has 94 valence electrons. The van der Waals surface area contributed by atoms with Gasteiger partial charge in [0.2, 0.25) is 0 Å². The highest BCUT2D eigenvalue weighted by molar-refractivity contribution is 5.12. The molecule has 0 saturated carbocycles. The molecule has 0 spiro atoms. The molecule has 1 unspecified atom stereocenters. The number of hydrogen-bond donors (Lipinski definition) is 1. The molecule has 2 N–H and O–H groups in total. The summed E-state index contributed by atoms with van der Waals surface area (Å²) in [7, 11) is 0. The fourth-order valence-corrected chi connectivity index (χ4v) is 2.52. The molecule has 0 bridgehead atoms. The molecule has 1 rings (SSSR count). The minimum Gasteiger partial charge on any atom is -0.324 e. The molecule has 0 aromatic rings. The van der Waals surface area contributed by atoms with E-state index in [0.29, 0.717) is 6.04 Å². The minimum absolute atomic E-state index is 0.365. The molecule has 0 saturated heterocycles. The molecule has 0 aromatic carbocycles. The monoisotopic (exact) mass is 223 g/mol. The Labute approximate surface area is 101 Å². The first kappa shape index (κ1) is 13.8. The van der Waals surface area contributed by atoms with Gasteiger partial charge in [-0.1, -0.05) is 63.5 Å². The Bertz CT molecular complexity index is 196. The van der Waals surface area contributed by atoms with Crippen LogP contribution in [0.2, 0.25) is 0 Å². The Balaban J connectivity index is 1.83. The van der Waals surface area contributed by atoms with Gasteiger partial charge < -0.3 is 5.73 Å².